The number of nitrogens with two attached hydrogens (primary N) is 1. The first-order valence-electron chi connectivity index (χ1n) is 7.39. The molecule has 0 aromatic carbocycles. The number of nitrogen functional groups attached to an aromatic ring is 1. The number of aryl methyl sites for hydroxylation is 1. The van der Waals surface area contributed by atoms with Crippen molar-refractivity contribution in [3.63, 3.8) is 0 Å². The van der Waals surface area contributed by atoms with Crippen molar-refractivity contribution in [1.29, 1.82) is 0 Å². The van der Waals surface area contributed by atoms with Crippen LogP contribution in [-0.4, -0.2) is 34.3 Å². The number of nitrogens with zero attached hydrogens (tertiary/aromatic N) is 4. The molecular formula is C14H15N5O4S. The predicted molar refractivity (Wildman–Crippen MR) is 84.5 cm³/mol. The Morgan fingerprint density at radius 3 is 2.96 bits per heavy atom. The van der Waals surface area contributed by atoms with E-state index in [1.165, 1.54) is 10.8 Å². The van der Waals surface area contributed by atoms with Gasteiger partial charge in [0.25, 0.3) is 10.1 Å². The van der Waals surface area contributed by atoms with Crippen molar-refractivity contribution in [2.45, 2.75) is 25.4 Å². The van der Waals surface area contributed by atoms with Gasteiger partial charge in [0.05, 0.1) is 18.2 Å². The molecule has 3 aromatic rings. The van der Waals surface area contributed by atoms with Gasteiger partial charge in [0.1, 0.15) is 6.10 Å². The Morgan fingerprint density at radius 2 is 2.25 bits per heavy atom. The Morgan fingerprint density at radius 1 is 1.42 bits per heavy atom. The van der Waals surface area contributed by atoms with Crippen LogP contribution >= 0.6 is 0 Å². The minimum absolute atomic E-state index is 0.123. The van der Waals surface area contributed by atoms with Gasteiger partial charge >= 0.3 is 0 Å². The van der Waals surface area contributed by atoms with Crippen LogP contribution < -0.4 is 5.73 Å². The zero-order valence-corrected chi connectivity index (χ0v) is 13.7. The maximum Gasteiger partial charge on any atom is 0.265 e. The number of anilines is 1. The number of hydrogen-bond acceptors (Lipinski definition) is 8. The molecule has 1 unspecified atom stereocenters. The van der Waals surface area contributed by atoms with Gasteiger partial charge < -0.3 is 10.2 Å². The van der Waals surface area contributed by atoms with Crippen molar-refractivity contribution in [1.82, 2.24) is 19.6 Å². The van der Waals surface area contributed by atoms with Crippen molar-refractivity contribution in [3.05, 3.63) is 29.7 Å². The van der Waals surface area contributed by atoms with Gasteiger partial charge in [0, 0.05) is 5.56 Å². The van der Waals surface area contributed by atoms with Gasteiger partial charge in [-0.15, -0.1) is 5.10 Å². The van der Waals surface area contributed by atoms with E-state index in [-0.39, 0.29) is 5.95 Å². The normalized spacial score (nSPS) is 18.0. The van der Waals surface area contributed by atoms with Crippen molar-refractivity contribution in [2.75, 3.05) is 12.0 Å². The maximum absolute atomic E-state index is 11.5. The molecule has 0 saturated carbocycles. The monoisotopic (exact) mass is 349 g/mol. The third-order valence-corrected chi connectivity index (χ3v) is 4.45. The summed E-state index contributed by atoms with van der Waals surface area (Å²) >= 11 is 0. The second kappa shape index (κ2) is 5.28. The molecule has 10 heteroatoms. The first-order valence-corrected chi connectivity index (χ1v) is 9.21. The van der Waals surface area contributed by atoms with Gasteiger partial charge in [-0.25, -0.2) is 9.97 Å². The fourth-order valence-corrected chi connectivity index (χ4v) is 3.55. The van der Waals surface area contributed by atoms with Gasteiger partial charge in [0.15, 0.2) is 11.4 Å². The molecule has 0 amide bonds. The van der Waals surface area contributed by atoms with Crippen molar-refractivity contribution in [2.24, 2.45) is 0 Å². The number of fused-ring (bicyclic) bond motifs is 3. The molecule has 0 radical (unpaired) electrons. The van der Waals surface area contributed by atoms with E-state index in [2.05, 4.69) is 15.1 Å². The van der Waals surface area contributed by atoms with Gasteiger partial charge in [0.2, 0.25) is 11.8 Å². The van der Waals surface area contributed by atoms with E-state index in [1.807, 2.05) is 0 Å². The molecule has 126 valence electrons. The first-order chi connectivity index (χ1) is 11.4. The Kier molecular flexibility index (Phi) is 3.32. The van der Waals surface area contributed by atoms with E-state index in [0.29, 0.717) is 35.8 Å². The van der Waals surface area contributed by atoms with Gasteiger partial charge in [-0.05, 0) is 31.4 Å². The quantitative estimate of drug-likeness (QED) is 0.702. The summed E-state index contributed by atoms with van der Waals surface area (Å²) in [7, 11) is -3.60. The fraction of sp³-hybridized carbons (Fsp3) is 0.357. The van der Waals surface area contributed by atoms with Gasteiger partial charge in [-0.3, -0.25) is 4.18 Å². The van der Waals surface area contributed by atoms with E-state index in [1.54, 1.807) is 12.1 Å². The van der Waals surface area contributed by atoms with Crippen molar-refractivity contribution in [3.8, 4) is 11.6 Å². The van der Waals surface area contributed by atoms with E-state index >= 15 is 0 Å². The van der Waals surface area contributed by atoms with Gasteiger partial charge in [-0.1, -0.05) is 0 Å². The number of hydrogen-bond donors (Lipinski definition) is 1. The highest BCUT2D eigenvalue weighted by atomic mass is 32.2. The highest BCUT2D eigenvalue weighted by Crippen LogP contribution is 2.35. The van der Waals surface area contributed by atoms with Crippen LogP contribution in [-0.2, 0) is 20.7 Å². The zero-order chi connectivity index (χ0) is 16.9. The molecule has 3 heterocycles. The molecule has 9 nitrogen and oxygen atoms in total. The molecule has 2 N–H and O–H groups in total. The second-order valence-electron chi connectivity index (χ2n) is 5.66. The second-order valence-corrected chi connectivity index (χ2v) is 7.26. The molecule has 0 spiro atoms. The fourth-order valence-electron chi connectivity index (χ4n) is 2.94. The summed E-state index contributed by atoms with van der Waals surface area (Å²) in [5.41, 5.74) is 7.84. The third-order valence-electron chi connectivity index (χ3n) is 3.87. The largest absolute Gasteiger partial charge is 0.461 e. The first kappa shape index (κ1) is 15.1. The van der Waals surface area contributed by atoms with Gasteiger partial charge in [-0.2, -0.15) is 12.9 Å². The number of furan rings is 1. The van der Waals surface area contributed by atoms with Crippen LogP contribution in [0.15, 0.2) is 22.8 Å². The number of aromatic nitrogens is 4. The summed E-state index contributed by atoms with van der Waals surface area (Å²) in [5, 5.41) is 4.33. The number of rotatable bonds is 3. The third kappa shape index (κ3) is 2.53. The Balaban J connectivity index is 1.89. The van der Waals surface area contributed by atoms with Crippen LogP contribution in [0, 0.1) is 0 Å². The average Bonchev–Trinajstić information content (AvgIpc) is 3.16. The Hall–Kier alpha value is -2.46. The average molecular weight is 349 g/mol. The lowest BCUT2D eigenvalue weighted by Crippen LogP contribution is -2.20. The molecule has 0 aliphatic heterocycles. The van der Waals surface area contributed by atoms with Crippen LogP contribution in [0.2, 0.25) is 0 Å². The molecule has 1 aliphatic rings. The van der Waals surface area contributed by atoms with E-state index in [9.17, 15) is 8.42 Å². The molecule has 4 rings (SSSR count). The molecule has 0 bridgehead atoms. The van der Waals surface area contributed by atoms with Crippen LogP contribution in [0.5, 0.6) is 0 Å². The molecule has 1 aliphatic carbocycles. The summed E-state index contributed by atoms with van der Waals surface area (Å²) < 4.78 is 34.9. The van der Waals surface area contributed by atoms with Crippen LogP contribution in [0.3, 0.4) is 0 Å². The Bertz CT molecular complexity index is 1010. The smallest absolute Gasteiger partial charge is 0.265 e. The molecule has 1 atom stereocenters. The van der Waals surface area contributed by atoms with E-state index in [4.69, 9.17) is 14.3 Å². The lowest BCUT2D eigenvalue weighted by Gasteiger charge is -2.23. The van der Waals surface area contributed by atoms with Crippen LogP contribution in [0.1, 0.15) is 30.2 Å². The molecule has 0 fully saturated rings. The standard InChI is InChI=1S/C14H15N5O4S/c1-24(20,21)23-9-5-2-4-8-11(9)16-14(15)19-13(8)17-12(18-19)10-6-3-7-22-10/h3,6-7,9H,2,4-5H2,1H3,(H2,15,16). The zero-order valence-electron chi connectivity index (χ0n) is 12.8. The molecular weight excluding hydrogens is 334 g/mol. The lowest BCUT2D eigenvalue weighted by molar-refractivity contribution is 0.188. The van der Waals surface area contributed by atoms with E-state index < -0.39 is 16.2 Å². The van der Waals surface area contributed by atoms with Crippen LogP contribution in [0.4, 0.5) is 5.95 Å². The molecule has 3 aromatic heterocycles. The Labute approximate surface area is 137 Å². The van der Waals surface area contributed by atoms with E-state index in [0.717, 1.165) is 18.2 Å². The minimum Gasteiger partial charge on any atom is -0.461 e. The highest BCUT2D eigenvalue weighted by molar-refractivity contribution is 7.86. The predicted octanol–water partition coefficient (Wildman–Crippen LogP) is 1.32. The topological polar surface area (TPSA) is 126 Å². The maximum atomic E-state index is 11.5. The molecule has 0 saturated heterocycles. The lowest BCUT2D eigenvalue weighted by atomic mass is 9.94. The summed E-state index contributed by atoms with van der Waals surface area (Å²) in [4.78, 5) is 8.81. The minimum atomic E-state index is -3.60. The summed E-state index contributed by atoms with van der Waals surface area (Å²) in [5.74, 6) is 1.04. The summed E-state index contributed by atoms with van der Waals surface area (Å²) in [6, 6.07) is 3.49. The summed E-state index contributed by atoms with van der Waals surface area (Å²) in [6.45, 7) is 0. The highest BCUT2D eigenvalue weighted by Gasteiger charge is 2.30. The summed E-state index contributed by atoms with van der Waals surface area (Å²) in [6.07, 6.45) is 3.93. The van der Waals surface area contributed by atoms with Crippen LogP contribution in [0.25, 0.3) is 17.2 Å². The SMILES string of the molecule is CS(=O)(=O)OC1CCCc2c1nc(N)n1nc(-c3ccco3)nc21. The van der Waals surface area contributed by atoms with Crippen molar-refractivity contribution >= 4 is 21.7 Å². The molecule has 24 heavy (non-hydrogen) atoms. The van der Waals surface area contributed by atoms with Crippen molar-refractivity contribution < 1.29 is 17.0 Å².